The highest BCUT2D eigenvalue weighted by Gasteiger charge is 2.29. The zero-order valence-corrected chi connectivity index (χ0v) is 16.8. The number of amides is 1. The second kappa shape index (κ2) is 8.70. The Morgan fingerprint density at radius 3 is 2.04 bits per heavy atom. The molecule has 4 N–H and O–H groups in total. The van der Waals surface area contributed by atoms with E-state index in [-0.39, 0.29) is 16.7 Å². The van der Waals surface area contributed by atoms with Gasteiger partial charge in [0.1, 0.15) is 5.75 Å². The number of nitrogens with two attached hydrogens (primary N) is 1. The summed E-state index contributed by atoms with van der Waals surface area (Å²) in [6.07, 6.45) is 5.13. The second-order valence-corrected chi connectivity index (χ2v) is 8.36. The molecular weight excluding hydrogens is 312 g/mol. The summed E-state index contributed by atoms with van der Waals surface area (Å²) in [6.45, 7) is 13.1. The van der Waals surface area contributed by atoms with Gasteiger partial charge in [-0.1, -0.05) is 60.5 Å². The average Bonchev–Trinajstić information content (AvgIpc) is 2.52. The summed E-state index contributed by atoms with van der Waals surface area (Å²) in [4.78, 5) is 11.6. The first-order chi connectivity index (χ1) is 11.6. The third-order valence-electron chi connectivity index (χ3n) is 5.21. The lowest BCUT2D eigenvalue weighted by Gasteiger charge is -2.32. The molecule has 1 rings (SSSR count). The first kappa shape index (κ1) is 21.5. The van der Waals surface area contributed by atoms with E-state index in [1.54, 1.807) is 0 Å². The SMILES string of the molecule is CCCC(C)(C)c1cc(CCC(=O)NN)c(C(C)(C)CCC)cc1O. The fourth-order valence-electron chi connectivity index (χ4n) is 3.85. The van der Waals surface area contributed by atoms with E-state index in [4.69, 9.17) is 5.84 Å². The van der Waals surface area contributed by atoms with Gasteiger partial charge in [0.05, 0.1) is 0 Å². The summed E-state index contributed by atoms with van der Waals surface area (Å²) in [7, 11) is 0. The van der Waals surface area contributed by atoms with Gasteiger partial charge in [-0.05, 0) is 52.8 Å². The Balaban J connectivity index is 3.41. The minimum Gasteiger partial charge on any atom is -0.508 e. The molecule has 0 saturated carbocycles. The van der Waals surface area contributed by atoms with Crippen LogP contribution in [-0.4, -0.2) is 11.0 Å². The lowest BCUT2D eigenvalue weighted by molar-refractivity contribution is -0.121. The molecule has 1 aromatic rings. The third-order valence-corrected chi connectivity index (χ3v) is 5.21. The van der Waals surface area contributed by atoms with Crippen molar-refractivity contribution in [3.8, 4) is 5.75 Å². The van der Waals surface area contributed by atoms with Crippen LogP contribution in [0.4, 0.5) is 0 Å². The topological polar surface area (TPSA) is 75.4 Å². The molecule has 0 radical (unpaired) electrons. The smallest absolute Gasteiger partial charge is 0.234 e. The number of hydrogen-bond acceptors (Lipinski definition) is 3. The lowest BCUT2D eigenvalue weighted by atomic mass is 9.73. The zero-order chi connectivity index (χ0) is 19.3. The Morgan fingerprint density at radius 2 is 1.56 bits per heavy atom. The minimum absolute atomic E-state index is 0.0474. The molecule has 0 heterocycles. The van der Waals surface area contributed by atoms with Crippen LogP contribution in [0, 0.1) is 0 Å². The Bertz CT molecular complexity index is 592. The van der Waals surface area contributed by atoms with Crippen LogP contribution < -0.4 is 11.3 Å². The van der Waals surface area contributed by atoms with Gasteiger partial charge in [-0.3, -0.25) is 10.2 Å². The summed E-state index contributed by atoms with van der Waals surface area (Å²) in [5, 5.41) is 10.7. The molecule has 0 unspecified atom stereocenters. The molecule has 25 heavy (non-hydrogen) atoms. The maximum Gasteiger partial charge on any atom is 0.234 e. The van der Waals surface area contributed by atoms with Crippen LogP contribution in [0.5, 0.6) is 5.75 Å². The molecule has 0 aromatic heterocycles. The molecule has 0 atom stereocenters. The zero-order valence-electron chi connectivity index (χ0n) is 16.8. The van der Waals surface area contributed by atoms with Crippen molar-refractivity contribution in [3.05, 3.63) is 28.8 Å². The predicted molar refractivity (Wildman–Crippen MR) is 105 cm³/mol. The van der Waals surface area contributed by atoms with E-state index in [1.165, 1.54) is 0 Å². The van der Waals surface area contributed by atoms with Crippen LogP contribution in [0.2, 0.25) is 0 Å². The standard InChI is InChI=1S/C21H36N2O2/c1-7-11-20(3,4)16-14-18(24)17(21(5,6)12-8-2)13-15(16)9-10-19(25)23-22/h13-14,24H,7-12,22H2,1-6H3,(H,23,25). The number of phenols is 1. The third kappa shape index (κ3) is 5.46. The molecule has 1 aromatic carbocycles. The van der Waals surface area contributed by atoms with E-state index < -0.39 is 0 Å². The molecule has 0 aliphatic rings. The number of nitrogens with one attached hydrogen (secondary N) is 1. The number of phenolic OH excluding ortho intramolecular Hbond substituents is 1. The molecule has 4 heteroatoms. The Morgan fingerprint density at radius 1 is 1.04 bits per heavy atom. The van der Waals surface area contributed by atoms with Crippen molar-refractivity contribution in [2.75, 3.05) is 0 Å². The van der Waals surface area contributed by atoms with E-state index in [0.29, 0.717) is 18.6 Å². The molecule has 0 saturated heterocycles. The fourth-order valence-corrected chi connectivity index (χ4v) is 3.85. The average molecular weight is 349 g/mol. The van der Waals surface area contributed by atoms with Crippen molar-refractivity contribution in [1.82, 2.24) is 5.43 Å². The number of carbonyl (C=O) groups excluding carboxylic acids is 1. The van der Waals surface area contributed by atoms with Crippen molar-refractivity contribution in [1.29, 1.82) is 0 Å². The molecule has 0 spiro atoms. The van der Waals surface area contributed by atoms with Gasteiger partial charge in [0, 0.05) is 6.42 Å². The first-order valence-electron chi connectivity index (χ1n) is 9.45. The van der Waals surface area contributed by atoms with Crippen molar-refractivity contribution in [2.24, 2.45) is 5.84 Å². The largest absolute Gasteiger partial charge is 0.508 e. The lowest BCUT2D eigenvalue weighted by Crippen LogP contribution is -2.30. The molecule has 0 aliphatic heterocycles. The summed E-state index contributed by atoms with van der Waals surface area (Å²) in [5.41, 5.74) is 5.30. The summed E-state index contributed by atoms with van der Waals surface area (Å²) in [5.74, 6) is 5.43. The van der Waals surface area contributed by atoms with Gasteiger partial charge in [0.2, 0.25) is 5.91 Å². The van der Waals surface area contributed by atoms with Gasteiger partial charge < -0.3 is 5.11 Å². The summed E-state index contributed by atoms with van der Waals surface area (Å²) in [6, 6.07) is 4.04. The summed E-state index contributed by atoms with van der Waals surface area (Å²) >= 11 is 0. The van der Waals surface area contributed by atoms with E-state index >= 15 is 0 Å². The summed E-state index contributed by atoms with van der Waals surface area (Å²) < 4.78 is 0. The normalized spacial score (nSPS) is 12.3. The van der Waals surface area contributed by atoms with Crippen LogP contribution in [0.25, 0.3) is 0 Å². The number of rotatable bonds is 9. The number of aryl methyl sites for hydroxylation is 1. The van der Waals surface area contributed by atoms with Gasteiger partial charge in [-0.15, -0.1) is 0 Å². The van der Waals surface area contributed by atoms with Gasteiger partial charge in [0.25, 0.3) is 0 Å². The predicted octanol–water partition coefficient (Wildman–Crippen LogP) is 4.47. The molecule has 1 amide bonds. The highest BCUT2D eigenvalue weighted by molar-refractivity contribution is 5.75. The number of aromatic hydroxyl groups is 1. The van der Waals surface area contributed by atoms with Crippen LogP contribution in [0.1, 0.15) is 90.3 Å². The molecule has 0 aliphatic carbocycles. The Hall–Kier alpha value is -1.55. The van der Waals surface area contributed by atoms with Crippen molar-refractivity contribution < 1.29 is 9.90 Å². The van der Waals surface area contributed by atoms with Gasteiger partial charge >= 0.3 is 0 Å². The quantitative estimate of drug-likeness (QED) is 0.350. The van der Waals surface area contributed by atoms with Crippen molar-refractivity contribution >= 4 is 5.91 Å². The molecule has 142 valence electrons. The number of hydrazine groups is 1. The van der Waals surface area contributed by atoms with Gasteiger partial charge in [0.15, 0.2) is 0 Å². The molecular formula is C21H36N2O2. The van der Waals surface area contributed by atoms with Crippen LogP contribution in [0.15, 0.2) is 12.1 Å². The maximum absolute atomic E-state index is 11.6. The number of hydrogen-bond donors (Lipinski definition) is 3. The first-order valence-corrected chi connectivity index (χ1v) is 9.45. The van der Waals surface area contributed by atoms with Gasteiger partial charge in [-0.25, -0.2) is 5.84 Å². The van der Waals surface area contributed by atoms with Crippen molar-refractivity contribution in [3.63, 3.8) is 0 Å². The fraction of sp³-hybridized carbons (Fsp3) is 0.667. The van der Waals surface area contributed by atoms with E-state index in [9.17, 15) is 9.90 Å². The molecule has 0 bridgehead atoms. The van der Waals surface area contributed by atoms with E-state index in [0.717, 1.165) is 42.4 Å². The number of benzene rings is 1. The number of carbonyl (C=O) groups is 1. The van der Waals surface area contributed by atoms with E-state index in [1.807, 2.05) is 6.07 Å². The monoisotopic (exact) mass is 348 g/mol. The van der Waals surface area contributed by atoms with Crippen molar-refractivity contribution in [2.45, 2.75) is 90.9 Å². The highest BCUT2D eigenvalue weighted by Crippen LogP contribution is 2.41. The van der Waals surface area contributed by atoms with Crippen LogP contribution in [-0.2, 0) is 22.0 Å². The Labute approximate surface area is 153 Å². The van der Waals surface area contributed by atoms with Crippen LogP contribution >= 0.6 is 0 Å². The van der Waals surface area contributed by atoms with E-state index in [2.05, 4.69) is 53.0 Å². The van der Waals surface area contributed by atoms with Gasteiger partial charge in [-0.2, -0.15) is 0 Å². The molecule has 0 fully saturated rings. The minimum atomic E-state index is -0.165. The Kier molecular flexibility index (Phi) is 7.48. The van der Waals surface area contributed by atoms with Crippen LogP contribution in [0.3, 0.4) is 0 Å². The maximum atomic E-state index is 11.6. The second-order valence-electron chi connectivity index (χ2n) is 8.36. The molecule has 4 nitrogen and oxygen atoms in total. The highest BCUT2D eigenvalue weighted by atomic mass is 16.3.